The van der Waals surface area contributed by atoms with E-state index in [1.165, 1.54) is 11.1 Å². The standard InChI is InChI=1S/C10H16O4S.C9H10BrN/c1-9(2)7-3-4-10(9,8(11)5-7)6-15(12,13)14;10-8-2-1-6-4-9(11)5-7(6)3-8/h7H,3-6H2,1-2H3,(H,12,13,14);1-3,9H,4-5,11H2/t7-,10?;9-/m11/s1. The molecule has 2 bridgehead atoms. The first kappa shape index (κ1) is 20.0. The molecule has 0 radical (unpaired) electrons. The molecule has 1 aromatic carbocycles. The molecule has 26 heavy (non-hydrogen) atoms. The molecule has 0 amide bonds. The van der Waals surface area contributed by atoms with Crippen molar-refractivity contribution in [3.8, 4) is 0 Å². The van der Waals surface area contributed by atoms with Gasteiger partial charge in [0.1, 0.15) is 5.78 Å². The Kier molecular flexibility index (Phi) is 5.14. The highest BCUT2D eigenvalue weighted by Gasteiger charge is 2.65. The molecule has 4 rings (SSSR count). The molecule has 7 heteroatoms. The Bertz CT molecular complexity index is 836. The van der Waals surface area contributed by atoms with Gasteiger partial charge in [-0.25, -0.2) is 0 Å². The average molecular weight is 444 g/mol. The maximum Gasteiger partial charge on any atom is 0.265 e. The quantitative estimate of drug-likeness (QED) is 0.683. The van der Waals surface area contributed by atoms with Gasteiger partial charge in [0.15, 0.2) is 0 Å². The van der Waals surface area contributed by atoms with Crippen molar-refractivity contribution in [1.82, 2.24) is 0 Å². The number of halogens is 1. The Morgan fingerprint density at radius 3 is 2.42 bits per heavy atom. The monoisotopic (exact) mass is 443 g/mol. The highest BCUT2D eigenvalue weighted by Crippen LogP contribution is 2.64. The van der Waals surface area contributed by atoms with Crippen molar-refractivity contribution < 1.29 is 17.8 Å². The Morgan fingerprint density at radius 1 is 1.23 bits per heavy atom. The van der Waals surface area contributed by atoms with Crippen LogP contribution in [0.1, 0.15) is 44.2 Å². The van der Waals surface area contributed by atoms with E-state index in [2.05, 4.69) is 34.1 Å². The van der Waals surface area contributed by atoms with Gasteiger partial charge < -0.3 is 5.73 Å². The van der Waals surface area contributed by atoms with E-state index in [1.807, 2.05) is 13.8 Å². The number of hydrogen-bond donors (Lipinski definition) is 2. The van der Waals surface area contributed by atoms with E-state index in [0.717, 1.165) is 23.7 Å². The normalized spacial score (nSPS) is 31.5. The van der Waals surface area contributed by atoms with Crippen molar-refractivity contribution >= 4 is 31.8 Å². The number of Topliss-reactive ketones (excluding diaryl/α,β-unsaturated/α-hetero) is 1. The van der Waals surface area contributed by atoms with Gasteiger partial charge in [0.25, 0.3) is 10.1 Å². The average Bonchev–Trinajstić information content (AvgIpc) is 3.03. The number of benzene rings is 1. The number of carbonyl (C=O) groups excluding carboxylic acids is 1. The van der Waals surface area contributed by atoms with Crippen LogP contribution in [0.15, 0.2) is 22.7 Å². The molecule has 3 N–H and O–H groups in total. The highest BCUT2D eigenvalue weighted by atomic mass is 79.9. The Balaban J connectivity index is 0.000000158. The van der Waals surface area contributed by atoms with Crippen LogP contribution >= 0.6 is 15.9 Å². The zero-order valence-electron chi connectivity index (χ0n) is 15.2. The second kappa shape index (κ2) is 6.69. The molecule has 0 aromatic heterocycles. The van der Waals surface area contributed by atoms with Gasteiger partial charge in [0.2, 0.25) is 0 Å². The second-order valence-electron chi connectivity index (χ2n) is 8.47. The molecule has 1 unspecified atom stereocenters. The fraction of sp³-hybridized carbons (Fsp3) is 0.632. The zero-order chi connectivity index (χ0) is 19.3. The lowest BCUT2D eigenvalue weighted by molar-refractivity contribution is -0.128. The number of ketones is 1. The first-order chi connectivity index (χ1) is 11.9. The molecule has 3 atom stereocenters. The van der Waals surface area contributed by atoms with Crippen molar-refractivity contribution in [1.29, 1.82) is 0 Å². The van der Waals surface area contributed by atoms with Crippen molar-refractivity contribution in [3.05, 3.63) is 33.8 Å². The summed E-state index contributed by atoms with van der Waals surface area (Å²) in [6.45, 7) is 3.89. The van der Waals surface area contributed by atoms with Crippen molar-refractivity contribution in [2.75, 3.05) is 5.75 Å². The summed E-state index contributed by atoms with van der Waals surface area (Å²) in [4.78, 5) is 11.9. The van der Waals surface area contributed by atoms with Crippen molar-refractivity contribution in [2.45, 2.75) is 52.0 Å². The highest BCUT2D eigenvalue weighted by molar-refractivity contribution is 9.10. The molecule has 3 aliphatic rings. The molecular weight excluding hydrogens is 418 g/mol. The predicted molar refractivity (Wildman–Crippen MR) is 105 cm³/mol. The minimum absolute atomic E-state index is 0.0152. The lowest BCUT2D eigenvalue weighted by atomic mass is 9.70. The summed E-state index contributed by atoms with van der Waals surface area (Å²) in [5, 5.41) is 0. The summed E-state index contributed by atoms with van der Waals surface area (Å²) in [5.74, 6) is -0.101. The Labute approximate surface area is 163 Å². The van der Waals surface area contributed by atoms with Gasteiger partial charge in [-0.05, 0) is 60.3 Å². The molecule has 3 aliphatic carbocycles. The van der Waals surface area contributed by atoms with E-state index >= 15 is 0 Å². The molecule has 2 fully saturated rings. The van der Waals surface area contributed by atoms with Gasteiger partial charge in [-0.1, -0.05) is 35.8 Å². The van der Waals surface area contributed by atoms with Crippen LogP contribution in [0.2, 0.25) is 0 Å². The number of carbonyl (C=O) groups is 1. The fourth-order valence-corrected chi connectivity index (χ4v) is 6.75. The van der Waals surface area contributed by atoms with Gasteiger partial charge in [-0.15, -0.1) is 0 Å². The molecule has 2 saturated carbocycles. The van der Waals surface area contributed by atoms with E-state index in [0.29, 0.717) is 18.9 Å². The van der Waals surface area contributed by atoms with E-state index in [9.17, 15) is 13.2 Å². The van der Waals surface area contributed by atoms with E-state index in [1.54, 1.807) is 0 Å². The summed E-state index contributed by atoms with van der Waals surface area (Å²) >= 11 is 3.44. The smallest absolute Gasteiger partial charge is 0.265 e. The van der Waals surface area contributed by atoms with Gasteiger partial charge in [0, 0.05) is 16.9 Å². The van der Waals surface area contributed by atoms with Gasteiger partial charge >= 0.3 is 0 Å². The van der Waals surface area contributed by atoms with Crippen LogP contribution in [0.25, 0.3) is 0 Å². The van der Waals surface area contributed by atoms with Crippen LogP contribution in [0.3, 0.4) is 0 Å². The fourth-order valence-electron chi connectivity index (χ4n) is 5.04. The summed E-state index contributed by atoms with van der Waals surface area (Å²) in [6, 6.07) is 6.75. The Hall–Kier alpha value is -0.760. The van der Waals surface area contributed by atoms with Crippen LogP contribution in [0.5, 0.6) is 0 Å². The molecule has 0 aliphatic heterocycles. The summed E-state index contributed by atoms with van der Waals surface area (Å²) in [5.41, 5.74) is 7.53. The van der Waals surface area contributed by atoms with Crippen LogP contribution in [-0.2, 0) is 27.8 Å². The summed E-state index contributed by atoms with van der Waals surface area (Å²) < 4.78 is 32.1. The molecular formula is C19H26BrNO4S. The molecule has 144 valence electrons. The maximum atomic E-state index is 11.9. The largest absolute Gasteiger partial charge is 0.327 e. The third-order valence-corrected chi connectivity index (χ3v) is 8.05. The van der Waals surface area contributed by atoms with Gasteiger partial charge in [0.05, 0.1) is 11.2 Å². The first-order valence-electron chi connectivity index (χ1n) is 8.96. The molecule has 5 nitrogen and oxygen atoms in total. The van der Waals surface area contributed by atoms with Gasteiger partial charge in [-0.2, -0.15) is 8.42 Å². The maximum absolute atomic E-state index is 11.9. The number of hydrogen-bond acceptors (Lipinski definition) is 4. The predicted octanol–water partition coefficient (Wildman–Crippen LogP) is 3.14. The number of fused-ring (bicyclic) bond motifs is 3. The summed E-state index contributed by atoms with van der Waals surface area (Å²) in [6.07, 6.45) is 4.05. The van der Waals surface area contributed by atoms with Crippen LogP contribution < -0.4 is 5.73 Å². The molecule has 0 saturated heterocycles. The van der Waals surface area contributed by atoms with Crippen LogP contribution in [-0.4, -0.2) is 30.5 Å². The van der Waals surface area contributed by atoms with Crippen LogP contribution in [0, 0.1) is 16.7 Å². The molecule has 0 spiro atoms. The van der Waals surface area contributed by atoms with Gasteiger partial charge in [-0.3, -0.25) is 9.35 Å². The SMILES string of the molecule is CC1(C)[C@@H]2CCC1(CS(=O)(=O)O)C(=O)C2.N[C@@H]1Cc2ccc(Br)cc2C1. The number of rotatable bonds is 2. The topological polar surface area (TPSA) is 97.5 Å². The minimum atomic E-state index is -4.08. The van der Waals surface area contributed by atoms with E-state index in [-0.39, 0.29) is 17.1 Å². The number of nitrogens with two attached hydrogens (primary N) is 1. The van der Waals surface area contributed by atoms with E-state index < -0.39 is 21.3 Å². The zero-order valence-corrected chi connectivity index (χ0v) is 17.6. The molecule has 0 heterocycles. The lowest BCUT2D eigenvalue weighted by Crippen LogP contribution is -2.42. The summed E-state index contributed by atoms with van der Waals surface area (Å²) in [7, 11) is -4.08. The minimum Gasteiger partial charge on any atom is -0.327 e. The Morgan fingerprint density at radius 2 is 1.88 bits per heavy atom. The van der Waals surface area contributed by atoms with Crippen LogP contribution in [0.4, 0.5) is 0 Å². The molecule has 1 aromatic rings. The van der Waals surface area contributed by atoms with Crippen molar-refractivity contribution in [3.63, 3.8) is 0 Å². The van der Waals surface area contributed by atoms with E-state index in [4.69, 9.17) is 10.3 Å². The lowest BCUT2D eigenvalue weighted by Gasteiger charge is -2.35. The third-order valence-electron chi connectivity index (χ3n) is 6.70. The second-order valence-corrected chi connectivity index (χ2v) is 10.8. The first-order valence-corrected chi connectivity index (χ1v) is 11.4. The third kappa shape index (κ3) is 3.51. The van der Waals surface area contributed by atoms with Crippen molar-refractivity contribution in [2.24, 2.45) is 22.5 Å².